The second-order valence-corrected chi connectivity index (χ2v) is 6.09. The van der Waals surface area contributed by atoms with Crippen LogP contribution in [0.3, 0.4) is 0 Å². The fourth-order valence-corrected chi connectivity index (χ4v) is 3.12. The average Bonchev–Trinajstić information content (AvgIpc) is 2.56. The number of aryl methyl sites for hydroxylation is 1. The van der Waals surface area contributed by atoms with Gasteiger partial charge in [-0.05, 0) is 36.5 Å². The number of nitrogens with zero attached hydrogens (tertiary/aromatic N) is 1. The van der Waals surface area contributed by atoms with Gasteiger partial charge in [-0.15, -0.1) is 0 Å². The number of pyridine rings is 1. The van der Waals surface area contributed by atoms with E-state index in [-0.39, 0.29) is 6.04 Å². The number of amides is 1. The third-order valence-corrected chi connectivity index (χ3v) is 4.33. The number of hydrogen-bond acceptors (Lipinski definition) is 2. The van der Waals surface area contributed by atoms with Gasteiger partial charge >= 0.3 is 6.18 Å². The van der Waals surface area contributed by atoms with Crippen LogP contribution >= 0.6 is 0 Å². The number of hydrogen-bond donors (Lipinski definition) is 1. The van der Waals surface area contributed by atoms with Crippen LogP contribution in [-0.2, 0) is 23.9 Å². The monoisotopic (exact) mass is 350 g/mol. The zero-order chi connectivity index (χ0) is 18.0. The average molecular weight is 350 g/mol. The quantitative estimate of drug-likeness (QED) is 0.925. The Morgan fingerprint density at radius 1 is 1.20 bits per heavy atom. The van der Waals surface area contributed by atoms with Gasteiger partial charge in [0.25, 0.3) is 5.56 Å². The largest absolute Gasteiger partial charge is 0.417 e. The minimum absolute atomic E-state index is 0.182. The lowest BCUT2D eigenvalue weighted by Gasteiger charge is -2.26. The normalized spacial score (nSPS) is 17.0. The van der Waals surface area contributed by atoms with Crippen molar-refractivity contribution < 1.29 is 18.0 Å². The molecule has 1 atom stereocenters. The number of nitrogens with one attached hydrogen (secondary N) is 1. The van der Waals surface area contributed by atoms with E-state index < -0.39 is 29.8 Å². The van der Waals surface area contributed by atoms with Crippen molar-refractivity contribution in [2.45, 2.75) is 38.0 Å². The first-order chi connectivity index (χ1) is 11.8. The molecule has 1 aliphatic carbocycles. The van der Waals surface area contributed by atoms with E-state index in [0.717, 1.165) is 41.0 Å². The lowest BCUT2D eigenvalue weighted by atomic mass is 9.88. The minimum atomic E-state index is -4.56. The van der Waals surface area contributed by atoms with E-state index in [0.29, 0.717) is 12.3 Å². The maximum absolute atomic E-state index is 12.8. The van der Waals surface area contributed by atoms with Crippen LogP contribution in [0.25, 0.3) is 0 Å². The van der Waals surface area contributed by atoms with Gasteiger partial charge in [0.15, 0.2) is 0 Å². The van der Waals surface area contributed by atoms with Crippen LogP contribution in [0.15, 0.2) is 47.4 Å². The van der Waals surface area contributed by atoms with Crippen LogP contribution in [0.1, 0.15) is 35.6 Å². The van der Waals surface area contributed by atoms with Gasteiger partial charge in [-0.25, -0.2) is 0 Å². The van der Waals surface area contributed by atoms with E-state index in [1.165, 1.54) is 0 Å². The molecule has 3 rings (SSSR count). The van der Waals surface area contributed by atoms with E-state index >= 15 is 0 Å². The molecule has 1 aromatic heterocycles. The molecule has 25 heavy (non-hydrogen) atoms. The predicted molar refractivity (Wildman–Crippen MR) is 86.0 cm³/mol. The molecule has 1 N–H and O–H groups in total. The Bertz CT molecular complexity index is 843. The summed E-state index contributed by atoms with van der Waals surface area (Å²) in [5, 5.41) is 2.83. The molecule has 0 saturated heterocycles. The molecule has 0 fully saturated rings. The summed E-state index contributed by atoms with van der Waals surface area (Å²) < 4.78 is 39.1. The van der Waals surface area contributed by atoms with Gasteiger partial charge in [0, 0.05) is 12.3 Å². The zero-order valence-corrected chi connectivity index (χ0v) is 13.3. The van der Waals surface area contributed by atoms with E-state index in [1.807, 2.05) is 24.3 Å². The Kier molecular flexibility index (Phi) is 4.65. The Morgan fingerprint density at radius 2 is 1.96 bits per heavy atom. The smallest absolute Gasteiger partial charge is 0.348 e. The summed E-state index contributed by atoms with van der Waals surface area (Å²) in [5.41, 5.74) is 0.587. The SMILES string of the molecule is O=C(Cn1cc(C(F)(F)F)ccc1=O)N[C@H]1CCCc2ccccc21. The molecule has 1 aliphatic rings. The van der Waals surface area contributed by atoms with Gasteiger partial charge in [0.2, 0.25) is 5.91 Å². The number of aromatic nitrogens is 1. The number of halogens is 3. The molecule has 0 aliphatic heterocycles. The summed E-state index contributed by atoms with van der Waals surface area (Å²) in [6.45, 7) is -0.443. The van der Waals surface area contributed by atoms with Gasteiger partial charge in [0.05, 0.1) is 11.6 Å². The van der Waals surface area contributed by atoms with Gasteiger partial charge in [-0.2, -0.15) is 13.2 Å². The lowest BCUT2D eigenvalue weighted by Crippen LogP contribution is -2.36. The van der Waals surface area contributed by atoms with Crippen LogP contribution in [0.2, 0.25) is 0 Å². The van der Waals surface area contributed by atoms with E-state index in [1.54, 1.807) is 0 Å². The fraction of sp³-hybridized carbons (Fsp3) is 0.333. The minimum Gasteiger partial charge on any atom is -0.348 e. The van der Waals surface area contributed by atoms with Crippen molar-refractivity contribution >= 4 is 5.91 Å². The first-order valence-corrected chi connectivity index (χ1v) is 7.99. The molecule has 0 bridgehead atoms. The second kappa shape index (κ2) is 6.74. The Hall–Kier alpha value is -2.57. The van der Waals surface area contributed by atoms with Gasteiger partial charge in [0.1, 0.15) is 6.54 Å². The summed E-state index contributed by atoms with van der Waals surface area (Å²) in [5.74, 6) is -0.483. The highest BCUT2D eigenvalue weighted by Gasteiger charge is 2.31. The third kappa shape index (κ3) is 3.92. The van der Waals surface area contributed by atoms with Crippen LogP contribution in [0.5, 0.6) is 0 Å². The maximum Gasteiger partial charge on any atom is 0.417 e. The molecular formula is C18H17F3N2O2. The molecule has 1 aromatic carbocycles. The molecule has 0 spiro atoms. The summed E-state index contributed by atoms with van der Waals surface area (Å²) >= 11 is 0. The van der Waals surface area contributed by atoms with Gasteiger partial charge in [-0.3, -0.25) is 9.59 Å². The van der Waals surface area contributed by atoms with Gasteiger partial charge in [-0.1, -0.05) is 24.3 Å². The first kappa shape index (κ1) is 17.3. The molecule has 0 radical (unpaired) electrons. The van der Waals surface area contributed by atoms with E-state index in [2.05, 4.69) is 5.32 Å². The van der Waals surface area contributed by atoms with Crippen molar-refractivity contribution in [1.82, 2.24) is 9.88 Å². The lowest BCUT2D eigenvalue weighted by molar-refractivity contribution is -0.138. The van der Waals surface area contributed by atoms with Crippen LogP contribution < -0.4 is 10.9 Å². The molecule has 7 heteroatoms. The van der Waals surface area contributed by atoms with Crippen LogP contribution in [0, 0.1) is 0 Å². The first-order valence-electron chi connectivity index (χ1n) is 7.99. The summed E-state index contributed by atoms with van der Waals surface area (Å²) in [4.78, 5) is 24.0. The predicted octanol–water partition coefficient (Wildman–Crippen LogP) is 3.06. The highest BCUT2D eigenvalue weighted by molar-refractivity contribution is 5.76. The van der Waals surface area contributed by atoms with Crippen molar-refractivity contribution in [1.29, 1.82) is 0 Å². The highest BCUT2D eigenvalue weighted by Crippen LogP contribution is 2.30. The standard InChI is InChI=1S/C18H17F3N2O2/c19-18(20,21)13-8-9-17(25)23(10-13)11-16(24)22-15-7-3-5-12-4-1-2-6-14(12)15/h1-2,4,6,8-10,15H,3,5,7,11H2,(H,22,24)/t15-/m0/s1. The molecule has 1 amide bonds. The molecule has 4 nitrogen and oxygen atoms in total. The third-order valence-electron chi connectivity index (χ3n) is 4.33. The van der Waals surface area contributed by atoms with Crippen LogP contribution in [-0.4, -0.2) is 10.5 Å². The molecule has 0 saturated carbocycles. The fourth-order valence-electron chi connectivity index (χ4n) is 3.12. The number of carbonyl (C=O) groups is 1. The van der Waals surface area contributed by atoms with Crippen molar-refractivity contribution in [2.75, 3.05) is 0 Å². The van der Waals surface area contributed by atoms with Crippen LogP contribution in [0.4, 0.5) is 13.2 Å². The highest BCUT2D eigenvalue weighted by atomic mass is 19.4. The number of carbonyl (C=O) groups excluding carboxylic acids is 1. The number of alkyl halides is 3. The Morgan fingerprint density at radius 3 is 2.72 bits per heavy atom. The maximum atomic E-state index is 12.8. The van der Waals surface area contributed by atoms with Gasteiger partial charge < -0.3 is 9.88 Å². The van der Waals surface area contributed by atoms with Crippen molar-refractivity contribution in [2.24, 2.45) is 0 Å². The molecular weight excluding hydrogens is 333 g/mol. The topological polar surface area (TPSA) is 51.1 Å². The zero-order valence-electron chi connectivity index (χ0n) is 13.3. The van der Waals surface area contributed by atoms with Crippen molar-refractivity contribution in [3.8, 4) is 0 Å². The Labute approximate surface area is 142 Å². The van der Waals surface area contributed by atoms with Crippen molar-refractivity contribution in [3.63, 3.8) is 0 Å². The molecule has 0 unspecified atom stereocenters. The summed E-state index contributed by atoms with van der Waals surface area (Å²) in [7, 11) is 0. The molecule has 2 aromatic rings. The number of benzene rings is 1. The molecule has 1 heterocycles. The summed E-state index contributed by atoms with van der Waals surface area (Å²) in [6, 6.07) is 9.13. The number of fused-ring (bicyclic) bond motifs is 1. The van der Waals surface area contributed by atoms with Crippen molar-refractivity contribution in [3.05, 3.63) is 69.6 Å². The Balaban J connectivity index is 1.75. The summed E-state index contributed by atoms with van der Waals surface area (Å²) in [6.07, 6.45) is -1.26. The number of rotatable bonds is 3. The molecule has 132 valence electrons. The van der Waals surface area contributed by atoms with E-state index in [9.17, 15) is 22.8 Å². The van der Waals surface area contributed by atoms with E-state index in [4.69, 9.17) is 0 Å². The second-order valence-electron chi connectivity index (χ2n) is 6.09.